The molecule has 1 N–H and O–H groups in total. The predicted octanol–water partition coefficient (Wildman–Crippen LogP) is 4.25. The molecule has 0 aliphatic rings. The van der Waals surface area contributed by atoms with Crippen molar-refractivity contribution < 1.29 is 4.39 Å². The van der Waals surface area contributed by atoms with E-state index in [4.69, 9.17) is 11.6 Å². The van der Waals surface area contributed by atoms with E-state index in [2.05, 4.69) is 26.2 Å². The van der Waals surface area contributed by atoms with Crippen molar-refractivity contribution >= 4 is 33.2 Å². The lowest BCUT2D eigenvalue weighted by atomic mass is 10.3. The van der Waals surface area contributed by atoms with Gasteiger partial charge in [-0.3, -0.25) is 4.98 Å². The van der Waals surface area contributed by atoms with Gasteiger partial charge in [0.1, 0.15) is 5.82 Å². The summed E-state index contributed by atoms with van der Waals surface area (Å²) in [7, 11) is 0. The third kappa shape index (κ3) is 3.41. The average molecular weight is 316 g/mol. The molecule has 0 spiro atoms. The molecule has 0 fully saturated rings. The maximum atomic E-state index is 12.8. The first-order chi connectivity index (χ1) is 8.15. The van der Waals surface area contributed by atoms with Gasteiger partial charge in [0.25, 0.3) is 0 Å². The van der Waals surface area contributed by atoms with Crippen molar-refractivity contribution in [2.45, 2.75) is 6.54 Å². The number of benzene rings is 1. The highest BCUT2D eigenvalue weighted by molar-refractivity contribution is 9.10. The Morgan fingerprint density at radius 3 is 2.76 bits per heavy atom. The molecular formula is C12H9BrClFN2. The van der Waals surface area contributed by atoms with Crippen molar-refractivity contribution in [3.63, 3.8) is 0 Å². The van der Waals surface area contributed by atoms with Gasteiger partial charge in [-0.1, -0.05) is 11.6 Å². The van der Waals surface area contributed by atoms with Gasteiger partial charge in [0.15, 0.2) is 0 Å². The van der Waals surface area contributed by atoms with E-state index in [-0.39, 0.29) is 5.82 Å². The minimum Gasteiger partial charge on any atom is -0.378 e. The Hall–Kier alpha value is -1.13. The van der Waals surface area contributed by atoms with Gasteiger partial charge < -0.3 is 5.32 Å². The SMILES string of the molecule is Fc1ccc(NCc2ccc(Br)cn2)c(Cl)c1. The molecule has 0 saturated carbocycles. The number of hydrogen-bond acceptors (Lipinski definition) is 2. The molecule has 2 nitrogen and oxygen atoms in total. The van der Waals surface area contributed by atoms with Gasteiger partial charge in [0, 0.05) is 10.7 Å². The van der Waals surface area contributed by atoms with E-state index in [0.29, 0.717) is 17.3 Å². The minimum absolute atomic E-state index is 0.345. The summed E-state index contributed by atoms with van der Waals surface area (Å²) >= 11 is 9.21. The van der Waals surface area contributed by atoms with Crippen molar-refractivity contribution in [1.82, 2.24) is 4.98 Å². The van der Waals surface area contributed by atoms with Crippen LogP contribution < -0.4 is 5.32 Å². The van der Waals surface area contributed by atoms with Crippen LogP contribution in [0.15, 0.2) is 41.0 Å². The van der Waals surface area contributed by atoms with Crippen LogP contribution in [0, 0.1) is 5.82 Å². The number of pyridine rings is 1. The van der Waals surface area contributed by atoms with Gasteiger partial charge in [-0.25, -0.2) is 4.39 Å². The average Bonchev–Trinajstić information content (AvgIpc) is 2.30. The Bertz CT molecular complexity index is 516. The number of hydrogen-bond donors (Lipinski definition) is 1. The second-order valence-corrected chi connectivity index (χ2v) is 4.77. The lowest BCUT2D eigenvalue weighted by Gasteiger charge is -2.07. The quantitative estimate of drug-likeness (QED) is 0.916. The van der Waals surface area contributed by atoms with E-state index in [9.17, 15) is 4.39 Å². The van der Waals surface area contributed by atoms with Crippen LogP contribution in [-0.2, 0) is 6.54 Å². The van der Waals surface area contributed by atoms with Gasteiger partial charge in [-0.05, 0) is 46.3 Å². The zero-order valence-electron chi connectivity index (χ0n) is 8.75. The zero-order valence-corrected chi connectivity index (χ0v) is 11.1. The summed E-state index contributed by atoms with van der Waals surface area (Å²) in [5.41, 5.74) is 1.58. The molecule has 1 aromatic heterocycles. The Labute approximate surface area is 112 Å². The van der Waals surface area contributed by atoms with E-state index in [1.54, 1.807) is 12.3 Å². The van der Waals surface area contributed by atoms with Crippen LogP contribution in [0.5, 0.6) is 0 Å². The highest BCUT2D eigenvalue weighted by Crippen LogP contribution is 2.22. The molecule has 5 heteroatoms. The monoisotopic (exact) mass is 314 g/mol. The second-order valence-electron chi connectivity index (χ2n) is 3.45. The first kappa shape index (κ1) is 12.3. The lowest BCUT2D eigenvalue weighted by Crippen LogP contribution is -2.01. The maximum absolute atomic E-state index is 12.8. The zero-order chi connectivity index (χ0) is 12.3. The number of aromatic nitrogens is 1. The minimum atomic E-state index is -0.345. The molecule has 0 atom stereocenters. The summed E-state index contributed by atoms with van der Waals surface area (Å²) in [5.74, 6) is -0.345. The molecule has 0 amide bonds. The summed E-state index contributed by atoms with van der Waals surface area (Å²) in [6, 6.07) is 8.06. The van der Waals surface area contributed by atoms with Crippen molar-refractivity contribution in [1.29, 1.82) is 0 Å². The third-order valence-corrected chi connectivity index (χ3v) is 2.96. The van der Waals surface area contributed by atoms with Crippen molar-refractivity contribution in [2.75, 3.05) is 5.32 Å². The molecule has 0 radical (unpaired) electrons. The summed E-state index contributed by atoms with van der Waals surface area (Å²) in [6.07, 6.45) is 1.73. The smallest absolute Gasteiger partial charge is 0.124 e. The predicted molar refractivity (Wildman–Crippen MR) is 70.7 cm³/mol. The first-order valence-corrected chi connectivity index (χ1v) is 6.11. The molecule has 1 heterocycles. The van der Waals surface area contributed by atoms with Crippen molar-refractivity contribution in [2.24, 2.45) is 0 Å². The normalized spacial score (nSPS) is 10.3. The van der Waals surface area contributed by atoms with Gasteiger partial charge >= 0.3 is 0 Å². The molecule has 0 saturated heterocycles. The standard InChI is InChI=1S/C12H9BrClFN2/c13-8-1-3-10(16-6-8)7-17-12-4-2-9(15)5-11(12)14/h1-6,17H,7H2. The Morgan fingerprint density at radius 1 is 1.29 bits per heavy atom. The number of anilines is 1. The molecule has 88 valence electrons. The van der Waals surface area contributed by atoms with Crippen LogP contribution in [0.2, 0.25) is 5.02 Å². The van der Waals surface area contributed by atoms with Gasteiger partial charge in [0.05, 0.1) is 22.9 Å². The van der Waals surface area contributed by atoms with E-state index in [1.807, 2.05) is 12.1 Å². The summed E-state index contributed by atoms with van der Waals surface area (Å²) in [4.78, 5) is 4.21. The molecule has 0 aliphatic heterocycles. The molecule has 2 rings (SSSR count). The maximum Gasteiger partial charge on any atom is 0.124 e. The largest absolute Gasteiger partial charge is 0.378 e. The van der Waals surface area contributed by atoms with E-state index in [1.165, 1.54) is 12.1 Å². The number of nitrogens with zero attached hydrogens (tertiary/aromatic N) is 1. The molecule has 0 unspecified atom stereocenters. The molecular weight excluding hydrogens is 307 g/mol. The molecule has 1 aromatic carbocycles. The highest BCUT2D eigenvalue weighted by Gasteiger charge is 2.02. The Morgan fingerprint density at radius 2 is 2.12 bits per heavy atom. The van der Waals surface area contributed by atoms with E-state index < -0.39 is 0 Å². The van der Waals surface area contributed by atoms with Gasteiger partial charge in [0.2, 0.25) is 0 Å². The molecule has 0 bridgehead atoms. The van der Waals surface area contributed by atoms with Crippen molar-refractivity contribution in [3.05, 3.63) is 57.5 Å². The lowest BCUT2D eigenvalue weighted by molar-refractivity contribution is 0.628. The summed E-state index contributed by atoms with van der Waals surface area (Å²) in [6.45, 7) is 0.540. The topological polar surface area (TPSA) is 24.9 Å². The Balaban J connectivity index is 2.04. The number of rotatable bonds is 3. The van der Waals surface area contributed by atoms with E-state index in [0.717, 1.165) is 10.2 Å². The summed E-state index contributed by atoms with van der Waals surface area (Å²) < 4.78 is 13.8. The van der Waals surface area contributed by atoms with Gasteiger partial charge in [-0.2, -0.15) is 0 Å². The van der Waals surface area contributed by atoms with Crippen molar-refractivity contribution in [3.8, 4) is 0 Å². The Kier molecular flexibility index (Phi) is 3.97. The first-order valence-electron chi connectivity index (χ1n) is 4.94. The highest BCUT2D eigenvalue weighted by atomic mass is 79.9. The molecule has 17 heavy (non-hydrogen) atoms. The van der Waals surface area contributed by atoms with Crippen LogP contribution in [0.1, 0.15) is 5.69 Å². The van der Waals surface area contributed by atoms with Crippen LogP contribution in [0.25, 0.3) is 0 Å². The molecule has 2 aromatic rings. The van der Waals surface area contributed by atoms with Crippen LogP contribution in [-0.4, -0.2) is 4.98 Å². The van der Waals surface area contributed by atoms with Gasteiger partial charge in [-0.15, -0.1) is 0 Å². The number of nitrogens with one attached hydrogen (secondary N) is 1. The number of halogens is 3. The fraction of sp³-hybridized carbons (Fsp3) is 0.0833. The second kappa shape index (κ2) is 5.47. The van der Waals surface area contributed by atoms with Crippen LogP contribution in [0.4, 0.5) is 10.1 Å². The summed E-state index contributed by atoms with van der Waals surface area (Å²) in [5, 5.41) is 3.46. The fourth-order valence-electron chi connectivity index (χ4n) is 1.33. The third-order valence-electron chi connectivity index (χ3n) is 2.18. The molecule has 0 aliphatic carbocycles. The fourth-order valence-corrected chi connectivity index (χ4v) is 1.80. The van der Waals surface area contributed by atoms with Crippen LogP contribution >= 0.6 is 27.5 Å². The van der Waals surface area contributed by atoms with E-state index >= 15 is 0 Å². The van der Waals surface area contributed by atoms with Crippen LogP contribution in [0.3, 0.4) is 0 Å².